The molecule has 1 N–H and O–H groups in total. The molecule has 0 saturated carbocycles. The van der Waals surface area contributed by atoms with Gasteiger partial charge in [0, 0.05) is 32.7 Å². The molecule has 0 radical (unpaired) electrons. The maximum absolute atomic E-state index is 13.3. The normalized spacial score (nSPS) is 16.2. The number of hydrogen-bond donors (Lipinski definition) is 1. The largest absolute Gasteiger partial charge is 0.457 e. The highest BCUT2D eigenvalue weighted by molar-refractivity contribution is 7.89. The van der Waals surface area contributed by atoms with Gasteiger partial charge < -0.3 is 9.64 Å². The van der Waals surface area contributed by atoms with Crippen molar-refractivity contribution in [3.05, 3.63) is 88.2 Å². The molecule has 0 aromatic heterocycles. The highest BCUT2D eigenvalue weighted by Crippen LogP contribution is 2.28. The van der Waals surface area contributed by atoms with E-state index in [0.717, 1.165) is 31.7 Å². The van der Waals surface area contributed by atoms with E-state index in [-0.39, 0.29) is 10.7 Å². The minimum atomic E-state index is -3.86. The summed E-state index contributed by atoms with van der Waals surface area (Å²) in [5.74, 6) is 0.527. The zero-order chi connectivity index (χ0) is 25.0. The zero-order valence-electron chi connectivity index (χ0n) is 19.1. The molecule has 0 amide bonds. The van der Waals surface area contributed by atoms with Crippen molar-refractivity contribution in [2.45, 2.75) is 10.9 Å². The van der Waals surface area contributed by atoms with E-state index in [1.54, 1.807) is 30.3 Å². The number of nitrogens with zero attached hydrogens (tertiary/aromatic N) is 2. The Balaban J connectivity index is 1.52. The number of ether oxygens (including phenoxy) is 1. The van der Waals surface area contributed by atoms with Crippen LogP contribution in [0.3, 0.4) is 0 Å². The third kappa shape index (κ3) is 6.94. The standard InChI is InChI=1S/C25H26Cl2FN3O3S/c1-30-12-14-31(15-13-30)17-25(18-2-11-23(26)24(27)16-18)29-35(32,33)22-9-7-21(8-10-22)34-20-5-3-19(28)4-6-20/h2-11,16,25,29H,12-15,17H2,1H3. The second-order valence-corrected chi connectivity index (χ2v) is 11.0. The van der Waals surface area contributed by atoms with Gasteiger partial charge in [-0.1, -0.05) is 29.3 Å². The number of nitrogens with one attached hydrogen (secondary N) is 1. The Morgan fingerprint density at radius 1 is 0.914 bits per heavy atom. The van der Waals surface area contributed by atoms with E-state index in [0.29, 0.717) is 28.1 Å². The molecule has 10 heteroatoms. The molecule has 1 unspecified atom stereocenters. The molecule has 1 aliphatic heterocycles. The first-order valence-corrected chi connectivity index (χ1v) is 13.4. The molecule has 0 bridgehead atoms. The first kappa shape index (κ1) is 25.9. The van der Waals surface area contributed by atoms with Crippen LogP contribution in [0.1, 0.15) is 11.6 Å². The van der Waals surface area contributed by atoms with Gasteiger partial charge in [0.15, 0.2) is 0 Å². The summed E-state index contributed by atoms with van der Waals surface area (Å²) in [4.78, 5) is 4.58. The third-order valence-corrected chi connectivity index (χ3v) is 8.09. The highest BCUT2D eigenvalue weighted by atomic mass is 35.5. The molecule has 0 spiro atoms. The van der Waals surface area contributed by atoms with Gasteiger partial charge in [0.05, 0.1) is 21.0 Å². The monoisotopic (exact) mass is 537 g/mol. The van der Waals surface area contributed by atoms with Gasteiger partial charge in [0.1, 0.15) is 17.3 Å². The summed E-state index contributed by atoms with van der Waals surface area (Å²) < 4.78 is 48.2. The Kier molecular flexibility index (Phi) is 8.31. The Labute approximate surface area is 215 Å². The first-order chi connectivity index (χ1) is 16.7. The van der Waals surface area contributed by atoms with Crippen molar-refractivity contribution >= 4 is 33.2 Å². The molecule has 1 fully saturated rings. The topological polar surface area (TPSA) is 61.9 Å². The van der Waals surface area contributed by atoms with Crippen molar-refractivity contribution in [2.24, 2.45) is 0 Å². The number of sulfonamides is 1. The van der Waals surface area contributed by atoms with Crippen LogP contribution < -0.4 is 9.46 Å². The Morgan fingerprint density at radius 3 is 2.11 bits per heavy atom. The molecular weight excluding hydrogens is 512 g/mol. The van der Waals surface area contributed by atoms with E-state index >= 15 is 0 Å². The van der Waals surface area contributed by atoms with Crippen molar-refractivity contribution in [1.29, 1.82) is 0 Å². The fourth-order valence-electron chi connectivity index (χ4n) is 3.81. The summed E-state index contributed by atoms with van der Waals surface area (Å²) in [6.45, 7) is 4.00. The van der Waals surface area contributed by atoms with Crippen LogP contribution in [0.15, 0.2) is 71.6 Å². The quantitative estimate of drug-likeness (QED) is 0.428. The van der Waals surface area contributed by atoms with Crippen molar-refractivity contribution in [3.63, 3.8) is 0 Å². The number of rotatable bonds is 8. The van der Waals surface area contributed by atoms with E-state index in [2.05, 4.69) is 21.6 Å². The lowest BCUT2D eigenvalue weighted by molar-refractivity contribution is 0.145. The molecule has 3 aromatic rings. The second-order valence-electron chi connectivity index (χ2n) is 8.48. The van der Waals surface area contributed by atoms with Crippen molar-refractivity contribution in [2.75, 3.05) is 39.8 Å². The van der Waals surface area contributed by atoms with E-state index in [4.69, 9.17) is 27.9 Å². The summed E-state index contributed by atoms with van der Waals surface area (Å²) in [6, 6.07) is 16.3. The maximum atomic E-state index is 13.3. The number of likely N-dealkylation sites (N-methyl/N-ethyl adjacent to an activating group) is 1. The summed E-state index contributed by atoms with van der Waals surface area (Å²) in [5, 5.41) is 0.780. The summed E-state index contributed by atoms with van der Waals surface area (Å²) in [7, 11) is -1.79. The Hall–Kier alpha value is -2.20. The van der Waals surface area contributed by atoms with Crippen LogP contribution in [0, 0.1) is 5.82 Å². The minimum Gasteiger partial charge on any atom is -0.457 e. The van der Waals surface area contributed by atoms with Crippen molar-refractivity contribution in [1.82, 2.24) is 14.5 Å². The second kappa shape index (κ2) is 11.2. The van der Waals surface area contributed by atoms with E-state index in [1.807, 2.05) is 0 Å². The Bertz CT molecular complexity index is 1250. The first-order valence-electron chi connectivity index (χ1n) is 11.1. The maximum Gasteiger partial charge on any atom is 0.241 e. The van der Waals surface area contributed by atoms with Gasteiger partial charge in [-0.3, -0.25) is 4.90 Å². The summed E-state index contributed by atoms with van der Waals surface area (Å²) >= 11 is 12.3. The van der Waals surface area contributed by atoms with Crippen LogP contribution in [0.25, 0.3) is 0 Å². The molecule has 1 heterocycles. The van der Waals surface area contributed by atoms with Gasteiger partial charge in [0.25, 0.3) is 0 Å². The third-order valence-electron chi connectivity index (χ3n) is 5.86. The zero-order valence-corrected chi connectivity index (χ0v) is 21.5. The molecule has 6 nitrogen and oxygen atoms in total. The lowest BCUT2D eigenvalue weighted by Gasteiger charge is -2.35. The van der Waals surface area contributed by atoms with Gasteiger partial charge in [-0.25, -0.2) is 17.5 Å². The Morgan fingerprint density at radius 2 is 1.51 bits per heavy atom. The molecule has 3 aromatic carbocycles. The number of benzene rings is 3. The van der Waals surface area contributed by atoms with E-state index in [1.165, 1.54) is 36.4 Å². The summed E-state index contributed by atoms with van der Waals surface area (Å²) in [5.41, 5.74) is 0.734. The van der Waals surface area contributed by atoms with Crippen LogP contribution in [0.2, 0.25) is 10.0 Å². The smallest absolute Gasteiger partial charge is 0.241 e. The molecular formula is C25H26Cl2FN3O3S. The van der Waals surface area contributed by atoms with Crippen LogP contribution >= 0.6 is 23.2 Å². The summed E-state index contributed by atoms with van der Waals surface area (Å²) in [6.07, 6.45) is 0. The van der Waals surface area contributed by atoms with Crippen molar-refractivity contribution < 1.29 is 17.5 Å². The molecule has 1 aliphatic rings. The van der Waals surface area contributed by atoms with Gasteiger partial charge in [0.2, 0.25) is 10.0 Å². The minimum absolute atomic E-state index is 0.104. The van der Waals surface area contributed by atoms with Gasteiger partial charge >= 0.3 is 0 Å². The van der Waals surface area contributed by atoms with Gasteiger partial charge in [-0.15, -0.1) is 0 Å². The molecule has 1 atom stereocenters. The predicted molar refractivity (Wildman–Crippen MR) is 136 cm³/mol. The fraction of sp³-hybridized carbons (Fsp3) is 0.280. The lowest BCUT2D eigenvalue weighted by Crippen LogP contribution is -2.47. The fourth-order valence-corrected chi connectivity index (χ4v) is 5.33. The predicted octanol–water partition coefficient (Wildman–Crippen LogP) is 5.19. The van der Waals surface area contributed by atoms with Gasteiger partial charge in [-0.05, 0) is 73.3 Å². The number of halogens is 3. The molecule has 186 valence electrons. The van der Waals surface area contributed by atoms with E-state index < -0.39 is 16.1 Å². The lowest BCUT2D eigenvalue weighted by atomic mass is 10.1. The SMILES string of the molecule is CN1CCN(CC(NS(=O)(=O)c2ccc(Oc3ccc(F)cc3)cc2)c2ccc(Cl)c(Cl)c2)CC1. The van der Waals surface area contributed by atoms with Crippen molar-refractivity contribution in [3.8, 4) is 11.5 Å². The van der Waals surface area contributed by atoms with Crippen LogP contribution in [0.4, 0.5) is 4.39 Å². The van der Waals surface area contributed by atoms with Crippen LogP contribution in [0.5, 0.6) is 11.5 Å². The van der Waals surface area contributed by atoms with Gasteiger partial charge in [-0.2, -0.15) is 0 Å². The molecule has 35 heavy (non-hydrogen) atoms. The number of piperazine rings is 1. The molecule has 0 aliphatic carbocycles. The average Bonchev–Trinajstić information content (AvgIpc) is 2.83. The molecule has 4 rings (SSSR count). The average molecular weight is 538 g/mol. The number of hydrogen-bond acceptors (Lipinski definition) is 5. The van der Waals surface area contributed by atoms with Crippen LogP contribution in [-0.2, 0) is 10.0 Å². The highest BCUT2D eigenvalue weighted by Gasteiger charge is 2.25. The van der Waals surface area contributed by atoms with E-state index in [9.17, 15) is 12.8 Å². The molecule has 1 saturated heterocycles. The van der Waals surface area contributed by atoms with Crippen LogP contribution in [-0.4, -0.2) is 58.0 Å².